The second-order valence-corrected chi connectivity index (χ2v) is 6.84. The van der Waals surface area contributed by atoms with E-state index >= 15 is 0 Å². The minimum atomic E-state index is 0.0102. The van der Waals surface area contributed by atoms with E-state index in [1.807, 2.05) is 24.3 Å². The minimum Gasteiger partial charge on any atom is -0.494 e. The fourth-order valence-electron chi connectivity index (χ4n) is 2.33. The molecule has 24 heavy (non-hydrogen) atoms. The van der Waals surface area contributed by atoms with Gasteiger partial charge in [0.15, 0.2) is 0 Å². The first-order valence-corrected chi connectivity index (χ1v) is 9.50. The van der Waals surface area contributed by atoms with Gasteiger partial charge in [-0.1, -0.05) is 38.1 Å². The molecule has 4 heteroatoms. The van der Waals surface area contributed by atoms with Crippen molar-refractivity contribution in [1.82, 2.24) is 0 Å². The van der Waals surface area contributed by atoms with Gasteiger partial charge in [-0.05, 0) is 48.2 Å². The van der Waals surface area contributed by atoms with Crippen LogP contribution < -0.4 is 9.47 Å². The van der Waals surface area contributed by atoms with Crippen molar-refractivity contribution in [1.29, 1.82) is 0 Å². The summed E-state index contributed by atoms with van der Waals surface area (Å²) in [5, 5.41) is 0.0203. The standard InChI is InChI=1S/C20H26O2S2/c1-3-13-21-17-9-5-15(6-10-17)19(23)20(24)16-7-11-18(12-8-16)22-14-4-2/h5-12,19-20,23-24H,3-4,13-14H2,1-2H3. The zero-order valence-electron chi connectivity index (χ0n) is 14.3. The normalized spacial score (nSPS) is 13.3. The van der Waals surface area contributed by atoms with Crippen LogP contribution in [0.2, 0.25) is 0 Å². The average Bonchev–Trinajstić information content (AvgIpc) is 2.64. The highest BCUT2D eigenvalue weighted by Gasteiger charge is 2.18. The third-order valence-electron chi connectivity index (χ3n) is 3.69. The zero-order valence-corrected chi connectivity index (χ0v) is 16.1. The van der Waals surface area contributed by atoms with E-state index in [1.165, 1.54) is 0 Å². The summed E-state index contributed by atoms with van der Waals surface area (Å²) in [6, 6.07) is 16.2. The molecule has 0 fully saturated rings. The smallest absolute Gasteiger partial charge is 0.119 e. The van der Waals surface area contributed by atoms with Gasteiger partial charge in [0.2, 0.25) is 0 Å². The molecule has 0 saturated carbocycles. The molecule has 130 valence electrons. The summed E-state index contributed by atoms with van der Waals surface area (Å²) >= 11 is 9.53. The topological polar surface area (TPSA) is 18.5 Å². The average molecular weight is 363 g/mol. The van der Waals surface area contributed by atoms with E-state index in [2.05, 4.69) is 38.1 Å². The highest BCUT2D eigenvalue weighted by molar-refractivity contribution is 7.84. The minimum absolute atomic E-state index is 0.0102. The van der Waals surface area contributed by atoms with Crippen LogP contribution in [0.5, 0.6) is 11.5 Å². The van der Waals surface area contributed by atoms with Crippen molar-refractivity contribution >= 4 is 25.3 Å². The SMILES string of the molecule is CCCOc1ccc(C(S)C(S)c2ccc(OCCC)cc2)cc1. The van der Waals surface area contributed by atoms with Crippen molar-refractivity contribution in [2.24, 2.45) is 0 Å². The lowest BCUT2D eigenvalue weighted by Crippen LogP contribution is -2.02. The highest BCUT2D eigenvalue weighted by Crippen LogP contribution is 2.39. The molecule has 2 unspecified atom stereocenters. The van der Waals surface area contributed by atoms with Gasteiger partial charge in [-0.15, -0.1) is 0 Å². The molecular weight excluding hydrogens is 336 g/mol. The van der Waals surface area contributed by atoms with Gasteiger partial charge in [0.25, 0.3) is 0 Å². The van der Waals surface area contributed by atoms with E-state index in [0.29, 0.717) is 0 Å². The lowest BCUT2D eigenvalue weighted by molar-refractivity contribution is 0.317. The molecule has 0 bridgehead atoms. The van der Waals surface area contributed by atoms with Crippen LogP contribution in [0.4, 0.5) is 0 Å². The quantitative estimate of drug-likeness (QED) is 0.541. The van der Waals surface area contributed by atoms with Gasteiger partial charge in [-0.25, -0.2) is 0 Å². The molecule has 2 atom stereocenters. The predicted molar refractivity (Wildman–Crippen MR) is 108 cm³/mol. The van der Waals surface area contributed by atoms with E-state index in [-0.39, 0.29) is 10.5 Å². The molecule has 0 aliphatic carbocycles. The van der Waals surface area contributed by atoms with Crippen LogP contribution in [0.3, 0.4) is 0 Å². The Balaban J connectivity index is 2.01. The van der Waals surface area contributed by atoms with Gasteiger partial charge in [0, 0.05) is 10.5 Å². The molecule has 0 aromatic heterocycles. The maximum absolute atomic E-state index is 5.62. The zero-order chi connectivity index (χ0) is 17.4. The van der Waals surface area contributed by atoms with Crippen molar-refractivity contribution in [3.8, 4) is 11.5 Å². The second-order valence-electron chi connectivity index (χ2n) is 5.72. The third-order valence-corrected chi connectivity index (χ3v) is 5.12. The van der Waals surface area contributed by atoms with Crippen LogP contribution in [0, 0.1) is 0 Å². The van der Waals surface area contributed by atoms with Gasteiger partial charge in [-0.2, -0.15) is 25.3 Å². The largest absolute Gasteiger partial charge is 0.494 e. The van der Waals surface area contributed by atoms with Crippen LogP contribution >= 0.6 is 25.3 Å². The lowest BCUT2D eigenvalue weighted by atomic mass is 10.0. The Morgan fingerprint density at radius 3 is 1.29 bits per heavy atom. The number of benzene rings is 2. The fraction of sp³-hybridized carbons (Fsp3) is 0.400. The number of thiol groups is 2. The Labute approximate surface area is 156 Å². The molecule has 2 aromatic rings. The molecular formula is C20H26O2S2. The molecule has 2 nitrogen and oxygen atoms in total. The van der Waals surface area contributed by atoms with E-state index < -0.39 is 0 Å². The van der Waals surface area contributed by atoms with Crippen molar-refractivity contribution < 1.29 is 9.47 Å². The molecule has 0 saturated heterocycles. The van der Waals surface area contributed by atoms with Crippen molar-refractivity contribution in [3.05, 3.63) is 59.7 Å². The summed E-state index contributed by atoms with van der Waals surface area (Å²) in [5.74, 6) is 1.79. The molecule has 0 spiro atoms. The van der Waals surface area contributed by atoms with E-state index in [4.69, 9.17) is 34.7 Å². The number of hydrogen-bond acceptors (Lipinski definition) is 4. The Bertz CT molecular complexity index is 541. The molecule has 2 rings (SSSR count). The first-order valence-electron chi connectivity index (χ1n) is 8.47. The van der Waals surface area contributed by atoms with Gasteiger partial charge >= 0.3 is 0 Å². The predicted octanol–water partition coefficient (Wildman–Crippen LogP) is 5.91. The lowest BCUT2D eigenvalue weighted by Gasteiger charge is -2.20. The number of hydrogen-bond donors (Lipinski definition) is 2. The van der Waals surface area contributed by atoms with Gasteiger partial charge < -0.3 is 9.47 Å². The van der Waals surface area contributed by atoms with Gasteiger partial charge in [0.05, 0.1) is 13.2 Å². The van der Waals surface area contributed by atoms with Crippen molar-refractivity contribution in [2.45, 2.75) is 37.2 Å². The van der Waals surface area contributed by atoms with Crippen LogP contribution in [-0.2, 0) is 0 Å². The van der Waals surface area contributed by atoms with Gasteiger partial charge in [0.1, 0.15) is 11.5 Å². The Hall–Kier alpha value is -1.26. The van der Waals surface area contributed by atoms with E-state index in [0.717, 1.165) is 48.7 Å². The molecule has 2 aromatic carbocycles. The molecule has 0 aliphatic rings. The van der Waals surface area contributed by atoms with Crippen LogP contribution in [-0.4, -0.2) is 13.2 Å². The Morgan fingerprint density at radius 2 is 1.00 bits per heavy atom. The summed E-state index contributed by atoms with van der Waals surface area (Å²) in [6.45, 7) is 5.68. The maximum atomic E-state index is 5.62. The Morgan fingerprint density at radius 1 is 0.667 bits per heavy atom. The second kappa shape index (κ2) is 9.90. The first kappa shape index (κ1) is 19.1. The molecule has 0 N–H and O–H groups in total. The van der Waals surface area contributed by atoms with E-state index in [9.17, 15) is 0 Å². The summed E-state index contributed by atoms with van der Waals surface area (Å²) in [6.07, 6.45) is 2.02. The fourth-order valence-corrected chi connectivity index (χ4v) is 3.02. The monoisotopic (exact) mass is 362 g/mol. The number of ether oxygens (including phenoxy) is 2. The summed E-state index contributed by atoms with van der Waals surface area (Å²) in [4.78, 5) is 0. The number of rotatable bonds is 9. The summed E-state index contributed by atoms with van der Waals surface area (Å²) in [5.41, 5.74) is 2.27. The van der Waals surface area contributed by atoms with Gasteiger partial charge in [-0.3, -0.25) is 0 Å². The summed E-state index contributed by atoms with van der Waals surface area (Å²) < 4.78 is 11.2. The molecule has 0 radical (unpaired) electrons. The third kappa shape index (κ3) is 5.38. The first-order chi connectivity index (χ1) is 11.7. The van der Waals surface area contributed by atoms with Crippen LogP contribution in [0.15, 0.2) is 48.5 Å². The van der Waals surface area contributed by atoms with Crippen molar-refractivity contribution in [2.75, 3.05) is 13.2 Å². The molecule has 0 amide bonds. The maximum Gasteiger partial charge on any atom is 0.119 e. The molecule has 0 aliphatic heterocycles. The highest BCUT2D eigenvalue weighted by atomic mass is 32.1. The van der Waals surface area contributed by atoms with E-state index in [1.54, 1.807) is 0 Å². The van der Waals surface area contributed by atoms with Crippen LogP contribution in [0.1, 0.15) is 48.3 Å². The van der Waals surface area contributed by atoms with Crippen LogP contribution in [0.25, 0.3) is 0 Å². The van der Waals surface area contributed by atoms with Crippen molar-refractivity contribution in [3.63, 3.8) is 0 Å². The molecule has 0 heterocycles. The summed E-state index contributed by atoms with van der Waals surface area (Å²) in [7, 11) is 0. The Kier molecular flexibility index (Phi) is 7.86.